The van der Waals surface area contributed by atoms with Crippen LogP contribution in [-0.4, -0.2) is 18.8 Å². The van der Waals surface area contributed by atoms with Crippen LogP contribution in [0.5, 0.6) is 0 Å². The van der Waals surface area contributed by atoms with Gasteiger partial charge in [0.25, 0.3) is 0 Å². The number of rotatable bonds is 5. The molecule has 0 aliphatic heterocycles. The van der Waals surface area contributed by atoms with E-state index in [4.69, 9.17) is 5.26 Å². The van der Waals surface area contributed by atoms with Gasteiger partial charge >= 0.3 is 5.97 Å². The fraction of sp³-hybridized carbons (Fsp3) is 0.333. The number of carbonyl (C=O) groups is 1. The van der Waals surface area contributed by atoms with E-state index in [-0.39, 0.29) is 17.0 Å². The molecular formula is C12H13NO2S. The van der Waals surface area contributed by atoms with Gasteiger partial charge in [-0.3, -0.25) is 4.79 Å². The van der Waals surface area contributed by atoms with E-state index in [0.717, 1.165) is 5.56 Å². The predicted molar refractivity (Wildman–Crippen MR) is 63.9 cm³/mol. The molecule has 1 unspecified atom stereocenters. The van der Waals surface area contributed by atoms with Crippen LogP contribution >= 0.6 is 11.8 Å². The maximum Gasteiger partial charge on any atom is 0.315 e. The molecule has 0 radical (unpaired) electrons. The Kier molecular flexibility index (Phi) is 5.44. The van der Waals surface area contributed by atoms with Crippen molar-refractivity contribution in [3.8, 4) is 6.07 Å². The van der Waals surface area contributed by atoms with Crippen molar-refractivity contribution < 1.29 is 9.53 Å². The lowest BCUT2D eigenvalue weighted by Gasteiger charge is -2.12. The molecule has 0 bridgehead atoms. The van der Waals surface area contributed by atoms with Crippen molar-refractivity contribution in [3.05, 3.63) is 35.9 Å². The summed E-state index contributed by atoms with van der Waals surface area (Å²) in [4.78, 5) is 11.0. The number of hydrogen-bond donors (Lipinski definition) is 0. The van der Waals surface area contributed by atoms with E-state index in [9.17, 15) is 4.79 Å². The number of carbonyl (C=O) groups excluding carboxylic acids is 1. The van der Waals surface area contributed by atoms with Gasteiger partial charge in [0.1, 0.15) is 0 Å². The van der Waals surface area contributed by atoms with E-state index in [1.807, 2.05) is 30.3 Å². The van der Waals surface area contributed by atoms with Crippen LogP contribution in [0.2, 0.25) is 0 Å². The topological polar surface area (TPSA) is 50.1 Å². The van der Waals surface area contributed by atoms with Crippen LogP contribution in [0.4, 0.5) is 0 Å². The zero-order chi connectivity index (χ0) is 11.8. The summed E-state index contributed by atoms with van der Waals surface area (Å²) < 4.78 is 4.57. The second-order valence-electron chi connectivity index (χ2n) is 3.15. The standard InChI is InChI=1S/C12H13NO2S/c1-15-12(14)9-16-11(7-8-13)10-5-3-2-4-6-10/h2-6,11H,7,9H2,1H3. The summed E-state index contributed by atoms with van der Waals surface area (Å²) in [6.07, 6.45) is 0.395. The van der Waals surface area contributed by atoms with E-state index in [1.165, 1.54) is 18.9 Å². The van der Waals surface area contributed by atoms with Crippen LogP contribution in [0.1, 0.15) is 17.2 Å². The second-order valence-corrected chi connectivity index (χ2v) is 4.34. The first-order valence-electron chi connectivity index (χ1n) is 4.88. The van der Waals surface area contributed by atoms with Crippen LogP contribution < -0.4 is 0 Å². The summed E-state index contributed by atoms with van der Waals surface area (Å²) >= 11 is 1.43. The molecule has 1 aromatic carbocycles. The molecule has 0 saturated carbocycles. The third-order valence-electron chi connectivity index (χ3n) is 2.08. The normalized spacial score (nSPS) is 11.5. The molecule has 0 heterocycles. The Morgan fingerprint density at radius 2 is 2.19 bits per heavy atom. The number of nitrogens with zero attached hydrogens (tertiary/aromatic N) is 1. The van der Waals surface area contributed by atoms with Crippen LogP contribution in [0.15, 0.2) is 30.3 Å². The van der Waals surface area contributed by atoms with Crippen molar-refractivity contribution in [1.29, 1.82) is 5.26 Å². The molecule has 4 heteroatoms. The summed E-state index contributed by atoms with van der Waals surface area (Å²) in [5.74, 6) is 0.0152. The molecule has 84 valence electrons. The lowest BCUT2D eigenvalue weighted by Crippen LogP contribution is -2.05. The minimum absolute atomic E-state index is 0.0327. The lowest BCUT2D eigenvalue weighted by molar-refractivity contribution is -0.137. The van der Waals surface area contributed by atoms with E-state index in [2.05, 4.69) is 10.8 Å². The van der Waals surface area contributed by atoms with E-state index < -0.39 is 0 Å². The lowest BCUT2D eigenvalue weighted by atomic mass is 10.1. The molecule has 16 heavy (non-hydrogen) atoms. The number of thioether (sulfide) groups is 1. The zero-order valence-corrected chi connectivity index (χ0v) is 9.87. The number of ether oxygens (including phenoxy) is 1. The molecule has 0 aliphatic rings. The van der Waals surface area contributed by atoms with E-state index in [1.54, 1.807) is 0 Å². The van der Waals surface area contributed by atoms with Gasteiger partial charge in [-0.1, -0.05) is 30.3 Å². The minimum atomic E-state index is -0.260. The van der Waals surface area contributed by atoms with E-state index >= 15 is 0 Å². The Morgan fingerprint density at radius 3 is 2.75 bits per heavy atom. The van der Waals surface area contributed by atoms with E-state index in [0.29, 0.717) is 6.42 Å². The Bertz CT molecular complexity index is 372. The van der Waals surface area contributed by atoms with Gasteiger partial charge in [-0.2, -0.15) is 5.26 Å². The summed E-state index contributed by atoms with van der Waals surface area (Å²) in [7, 11) is 1.37. The molecule has 0 N–H and O–H groups in total. The highest BCUT2D eigenvalue weighted by molar-refractivity contribution is 8.00. The minimum Gasteiger partial charge on any atom is -0.468 e. The molecule has 0 aromatic heterocycles. The summed E-state index contributed by atoms with van der Waals surface area (Å²) in [6, 6.07) is 11.9. The SMILES string of the molecule is COC(=O)CSC(CC#N)c1ccccc1. The van der Waals surface area contributed by atoms with Crippen LogP contribution in [-0.2, 0) is 9.53 Å². The van der Waals surface area contributed by atoms with Gasteiger partial charge in [0.15, 0.2) is 0 Å². The molecule has 0 aliphatic carbocycles. The van der Waals surface area contributed by atoms with Gasteiger partial charge in [0.2, 0.25) is 0 Å². The fourth-order valence-corrected chi connectivity index (χ4v) is 2.25. The van der Waals surface area contributed by atoms with Gasteiger partial charge in [-0.05, 0) is 5.56 Å². The Balaban J connectivity index is 2.62. The largest absolute Gasteiger partial charge is 0.468 e. The van der Waals surface area contributed by atoms with Gasteiger partial charge < -0.3 is 4.74 Å². The van der Waals surface area contributed by atoms with Crippen LogP contribution in [0.3, 0.4) is 0 Å². The van der Waals surface area contributed by atoms with Crippen molar-refractivity contribution in [3.63, 3.8) is 0 Å². The highest BCUT2D eigenvalue weighted by Crippen LogP contribution is 2.31. The molecule has 0 saturated heterocycles. The first kappa shape index (κ1) is 12.6. The molecule has 1 atom stereocenters. The van der Waals surface area contributed by atoms with Crippen LogP contribution in [0.25, 0.3) is 0 Å². The Morgan fingerprint density at radius 1 is 1.50 bits per heavy atom. The summed E-state index contributed by atoms with van der Waals surface area (Å²) in [6.45, 7) is 0. The molecular weight excluding hydrogens is 222 g/mol. The Labute approximate surface area is 99.4 Å². The first-order valence-corrected chi connectivity index (χ1v) is 5.93. The number of esters is 1. The average Bonchev–Trinajstić information content (AvgIpc) is 2.35. The van der Waals surface area contributed by atoms with Crippen LogP contribution in [0, 0.1) is 11.3 Å². The quantitative estimate of drug-likeness (QED) is 0.736. The monoisotopic (exact) mass is 235 g/mol. The van der Waals surface area contributed by atoms with Gasteiger partial charge in [0.05, 0.1) is 25.4 Å². The molecule has 1 rings (SSSR count). The number of hydrogen-bond acceptors (Lipinski definition) is 4. The maximum absolute atomic E-state index is 11.0. The number of benzene rings is 1. The molecule has 3 nitrogen and oxygen atoms in total. The van der Waals surface area contributed by atoms with Crippen molar-refractivity contribution in [2.45, 2.75) is 11.7 Å². The van der Waals surface area contributed by atoms with Crippen molar-refractivity contribution in [1.82, 2.24) is 0 Å². The van der Waals surface area contributed by atoms with Gasteiger partial charge in [0, 0.05) is 5.25 Å². The molecule has 0 fully saturated rings. The Hall–Kier alpha value is -1.47. The van der Waals surface area contributed by atoms with Gasteiger partial charge in [-0.15, -0.1) is 11.8 Å². The van der Waals surface area contributed by atoms with Crippen molar-refractivity contribution >= 4 is 17.7 Å². The fourth-order valence-electron chi connectivity index (χ4n) is 1.25. The third kappa shape index (κ3) is 3.95. The maximum atomic E-state index is 11.0. The van der Waals surface area contributed by atoms with Crippen molar-refractivity contribution in [2.24, 2.45) is 0 Å². The molecule has 0 spiro atoms. The first-order chi connectivity index (χ1) is 7.77. The summed E-state index contributed by atoms with van der Waals surface area (Å²) in [5, 5.41) is 8.77. The number of nitriles is 1. The highest BCUT2D eigenvalue weighted by atomic mass is 32.2. The molecule has 0 amide bonds. The zero-order valence-electron chi connectivity index (χ0n) is 9.05. The predicted octanol–water partition coefficient (Wildman–Crippen LogP) is 2.55. The summed E-state index contributed by atoms with van der Waals surface area (Å²) in [5.41, 5.74) is 1.07. The second kappa shape index (κ2) is 6.91. The number of methoxy groups -OCH3 is 1. The third-order valence-corrected chi connectivity index (χ3v) is 3.32. The highest BCUT2D eigenvalue weighted by Gasteiger charge is 2.13. The smallest absolute Gasteiger partial charge is 0.315 e. The average molecular weight is 235 g/mol. The van der Waals surface area contributed by atoms with Crippen molar-refractivity contribution in [2.75, 3.05) is 12.9 Å². The molecule has 1 aromatic rings. The van der Waals surface area contributed by atoms with Gasteiger partial charge in [-0.25, -0.2) is 0 Å².